The average Bonchev–Trinajstić information content (AvgIpc) is 2.28. The molecular weight excluding hydrogens is 200 g/mol. The van der Waals surface area contributed by atoms with E-state index in [4.69, 9.17) is 10.5 Å². The Balaban J connectivity index is 2.20. The van der Waals surface area contributed by atoms with Crippen LogP contribution in [0.15, 0.2) is 18.2 Å². The van der Waals surface area contributed by atoms with Crippen molar-refractivity contribution in [2.45, 2.75) is 25.8 Å². The van der Waals surface area contributed by atoms with Crippen LogP contribution in [0.5, 0.6) is 5.75 Å². The fourth-order valence-corrected chi connectivity index (χ4v) is 2.31. The molecule has 1 unspecified atom stereocenters. The van der Waals surface area contributed by atoms with Crippen molar-refractivity contribution in [1.29, 1.82) is 0 Å². The topological polar surface area (TPSA) is 38.5 Å². The quantitative estimate of drug-likeness (QED) is 0.846. The summed E-state index contributed by atoms with van der Waals surface area (Å²) < 4.78 is 5.80. The zero-order valence-corrected chi connectivity index (χ0v) is 10.1. The fraction of sp³-hybridized carbons (Fsp3) is 0.538. The largest absolute Gasteiger partial charge is 0.489 e. The lowest BCUT2D eigenvalue weighted by molar-refractivity contribution is 0.258. The lowest BCUT2D eigenvalue weighted by Crippen LogP contribution is -2.41. The Labute approximate surface area is 97.2 Å². The molecule has 3 nitrogen and oxygen atoms in total. The summed E-state index contributed by atoms with van der Waals surface area (Å²) in [5.74, 6) is 1.01. The van der Waals surface area contributed by atoms with Crippen LogP contribution >= 0.6 is 0 Å². The van der Waals surface area contributed by atoms with Crippen molar-refractivity contribution in [2.75, 3.05) is 25.1 Å². The Morgan fingerprint density at radius 1 is 1.50 bits per heavy atom. The summed E-state index contributed by atoms with van der Waals surface area (Å²) >= 11 is 0. The standard InChI is InChI=1S/C13H20N2O/c1-10-5-3-7-12-13(10)15(2)11(9-16-12)6-4-8-14/h3,5,7,11H,4,6,8-9,14H2,1-2H3. The number of hydrogen-bond acceptors (Lipinski definition) is 3. The fourth-order valence-electron chi connectivity index (χ4n) is 2.31. The van der Waals surface area contributed by atoms with E-state index in [1.807, 2.05) is 12.1 Å². The minimum atomic E-state index is 0.456. The summed E-state index contributed by atoms with van der Waals surface area (Å²) in [6.45, 7) is 3.65. The third kappa shape index (κ3) is 2.00. The van der Waals surface area contributed by atoms with E-state index in [2.05, 4.69) is 24.9 Å². The molecule has 0 saturated carbocycles. The van der Waals surface area contributed by atoms with Crippen molar-refractivity contribution in [3.8, 4) is 5.75 Å². The first-order valence-electron chi connectivity index (χ1n) is 5.89. The van der Waals surface area contributed by atoms with E-state index in [0.29, 0.717) is 6.04 Å². The van der Waals surface area contributed by atoms with Crippen LogP contribution in [-0.4, -0.2) is 26.2 Å². The highest BCUT2D eigenvalue weighted by atomic mass is 16.5. The van der Waals surface area contributed by atoms with Gasteiger partial charge in [0, 0.05) is 7.05 Å². The molecule has 0 radical (unpaired) electrons. The molecular formula is C13H20N2O. The molecule has 1 aliphatic heterocycles. The molecule has 3 heteroatoms. The normalized spacial score (nSPS) is 19.2. The number of rotatable bonds is 3. The zero-order chi connectivity index (χ0) is 11.5. The van der Waals surface area contributed by atoms with Crippen molar-refractivity contribution < 1.29 is 4.74 Å². The maximum absolute atomic E-state index is 5.80. The minimum Gasteiger partial charge on any atom is -0.489 e. The van der Waals surface area contributed by atoms with Crippen molar-refractivity contribution >= 4 is 5.69 Å². The van der Waals surface area contributed by atoms with Gasteiger partial charge in [-0.1, -0.05) is 12.1 Å². The average molecular weight is 220 g/mol. The van der Waals surface area contributed by atoms with Gasteiger partial charge in [-0.3, -0.25) is 0 Å². The smallest absolute Gasteiger partial charge is 0.142 e. The van der Waals surface area contributed by atoms with Gasteiger partial charge in [0.25, 0.3) is 0 Å². The van der Waals surface area contributed by atoms with Gasteiger partial charge in [0.05, 0.1) is 11.7 Å². The first-order chi connectivity index (χ1) is 7.74. The van der Waals surface area contributed by atoms with E-state index >= 15 is 0 Å². The molecule has 0 amide bonds. The lowest BCUT2D eigenvalue weighted by Gasteiger charge is -2.37. The highest BCUT2D eigenvalue weighted by molar-refractivity contribution is 5.64. The molecule has 1 aromatic carbocycles. The lowest BCUT2D eigenvalue weighted by atomic mass is 10.1. The number of para-hydroxylation sites is 1. The van der Waals surface area contributed by atoms with E-state index in [1.165, 1.54) is 11.3 Å². The maximum Gasteiger partial charge on any atom is 0.142 e. The molecule has 16 heavy (non-hydrogen) atoms. The third-order valence-electron chi connectivity index (χ3n) is 3.27. The van der Waals surface area contributed by atoms with Crippen LogP contribution < -0.4 is 15.4 Å². The Hall–Kier alpha value is -1.22. The van der Waals surface area contributed by atoms with E-state index in [-0.39, 0.29) is 0 Å². The number of nitrogens with two attached hydrogens (primary N) is 1. The summed E-state index contributed by atoms with van der Waals surface area (Å²) in [5, 5.41) is 0. The Kier molecular flexibility index (Phi) is 3.34. The first-order valence-corrected chi connectivity index (χ1v) is 5.89. The second kappa shape index (κ2) is 4.74. The molecule has 1 heterocycles. The molecule has 0 saturated heterocycles. The highest BCUT2D eigenvalue weighted by Gasteiger charge is 2.25. The van der Waals surface area contributed by atoms with E-state index in [1.54, 1.807) is 0 Å². The predicted molar refractivity (Wildman–Crippen MR) is 67.2 cm³/mol. The SMILES string of the molecule is Cc1cccc2c1N(C)C(CCCN)CO2. The molecule has 2 rings (SSSR count). The zero-order valence-electron chi connectivity index (χ0n) is 10.1. The number of aryl methyl sites for hydroxylation is 1. The van der Waals surface area contributed by atoms with Crippen LogP contribution in [0.4, 0.5) is 5.69 Å². The molecule has 1 aromatic rings. The minimum absolute atomic E-state index is 0.456. The molecule has 1 atom stereocenters. The van der Waals surface area contributed by atoms with Gasteiger partial charge >= 0.3 is 0 Å². The molecule has 2 N–H and O–H groups in total. The first kappa shape index (κ1) is 11.3. The van der Waals surface area contributed by atoms with Gasteiger partial charge in [-0.2, -0.15) is 0 Å². The van der Waals surface area contributed by atoms with Crippen LogP contribution in [0.2, 0.25) is 0 Å². The van der Waals surface area contributed by atoms with Crippen LogP contribution in [0.25, 0.3) is 0 Å². The third-order valence-corrected chi connectivity index (χ3v) is 3.27. The van der Waals surface area contributed by atoms with Crippen molar-refractivity contribution in [1.82, 2.24) is 0 Å². The Bertz CT molecular complexity index is 365. The summed E-state index contributed by atoms with van der Waals surface area (Å²) in [5.41, 5.74) is 8.06. The van der Waals surface area contributed by atoms with E-state index in [9.17, 15) is 0 Å². The van der Waals surface area contributed by atoms with Gasteiger partial charge < -0.3 is 15.4 Å². The van der Waals surface area contributed by atoms with E-state index in [0.717, 1.165) is 31.7 Å². The molecule has 88 valence electrons. The van der Waals surface area contributed by atoms with Crippen LogP contribution in [0.1, 0.15) is 18.4 Å². The van der Waals surface area contributed by atoms with Crippen molar-refractivity contribution in [3.05, 3.63) is 23.8 Å². The molecule has 0 aromatic heterocycles. The number of benzene rings is 1. The van der Waals surface area contributed by atoms with Gasteiger partial charge in [-0.05, 0) is 37.9 Å². The molecule has 0 spiro atoms. The second-order valence-corrected chi connectivity index (χ2v) is 4.43. The number of nitrogens with zero attached hydrogens (tertiary/aromatic N) is 1. The van der Waals surface area contributed by atoms with Crippen LogP contribution in [-0.2, 0) is 0 Å². The highest BCUT2D eigenvalue weighted by Crippen LogP contribution is 2.36. The number of ether oxygens (including phenoxy) is 1. The van der Waals surface area contributed by atoms with E-state index < -0.39 is 0 Å². The molecule has 0 aliphatic carbocycles. The van der Waals surface area contributed by atoms with Gasteiger partial charge in [-0.25, -0.2) is 0 Å². The summed E-state index contributed by atoms with van der Waals surface area (Å²) in [6, 6.07) is 6.67. The Morgan fingerprint density at radius 3 is 3.06 bits per heavy atom. The van der Waals surface area contributed by atoms with Gasteiger partial charge in [0.2, 0.25) is 0 Å². The van der Waals surface area contributed by atoms with Crippen molar-refractivity contribution in [3.63, 3.8) is 0 Å². The summed E-state index contributed by atoms with van der Waals surface area (Å²) in [7, 11) is 2.15. The van der Waals surface area contributed by atoms with Crippen LogP contribution in [0.3, 0.4) is 0 Å². The maximum atomic E-state index is 5.80. The number of anilines is 1. The van der Waals surface area contributed by atoms with Crippen LogP contribution in [0, 0.1) is 6.92 Å². The molecule has 0 bridgehead atoms. The monoisotopic (exact) mass is 220 g/mol. The Morgan fingerprint density at radius 2 is 2.31 bits per heavy atom. The number of fused-ring (bicyclic) bond motifs is 1. The second-order valence-electron chi connectivity index (χ2n) is 4.43. The van der Waals surface area contributed by atoms with Gasteiger partial charge in [-0.15, -0.1) is 0 Å². The van der Waals surface area contributed by atoms with Gasteiger partial charge in [0.15, 0.2) is 0 Å². The molecule has 0 fully saturated rings. The summed E-state index contributed by atoms with van der Waals surface area (Å²) in [6.07, 6.45) is 2.15. The van der Waals surface area contributed by atoms with Crippen molar-refractivity contribution in [2.24, 2.45) is 5.73 Å². The number of hydrogen-bond donors (Lipinski definition) is 1. The molecule has 1 aliphatic rings. The summed E-state index contributed by atoms with van der Waals surface area (Å²) in [4.78, 5) is 2.34. The van der Waals surface area contributed by atoms with Gasteiger partial charge in [0.1, 0.15) is 12.4 Å². The predicted octanol–water partition coefficient (Wildman–Crippen LogP) is 1.93. The number of likely N-dealkylation sites (N-methyl/N-ethyl adjacent to an activating group) is 1.